The fraction of sp³-hybridized carbons (Fsp3) is 0.471. The van der Waals surface area contributed by atoms with Crippen LogP contribution in [-0.4, -0.2) is 70.2 Å². The molecule has 216 valence electrons. The molecule has 2 aliphatic heterocycles. The predicted molar refractivity (Wildman–Crippen MR) is 158 cm³/mol. The van der Waals surface area contributed by atoms with Gasteiger partial charge < -0.3 is 19.5 Å². The summed E-state index contributed by atoms with van der Waals surface area (Å²) in [5.74, 6) is 0.707. The van der Waals surface area contributed by atoms with E-state index in [1.807, 2.05) is 59.5 Å². The third-order valence-corrected chi connectivity index (χ3v) is 9.61. The lowest BCUT2D eigenvalue weighted by Crippen LogP contribution is -2.78. The summed E-state index contributed by atoms with van der Waals surface area (Å²) < 4.78 is 12.5. The Hall–Kier alpha value is -3.42. The number of nitrogens with zero attached hydrogens (tertiary/aromatic N) is 2. The van der Waals surface area contributed by atoms with Gasteiger partial charge in [0.25, 0.3) is 0 Å². The van der Waals surface area contributed by atoms with Gasteiger partial charge in [0, 0.05) is 37.7 Å². The van der Waals surface area contributed by atoms with Crippen molar-refractivity contribution in [2.45, 2.75) is 75.7 Å². The van der Waals surface area contributed by atoms with Crippen molar-refractivity contribution in [2.24, 2.45) is 5.92 Å². The van der Waals surface area contributed by atoms with Crippen LogP contribution in [0.5, 0.6) is 11.5 Å². The zero-order valence-electron chi connectivity index (χ0n) is 24.2. The van der Waals surface area contributed by atoms with Crippen LogP contribution in [0, 0.1) is 5.92 Å². The second-order valence-electron chi connectivity index (χ2n) is 12.4. The third-order valence-electron chi connectivity index (χ3n) is 9.61. The van der Waals surface area contributed by atoms with E-state index in [4.69, 9.17) is 9.47 Å². The van der Waals surface area contributed by atoms with Crippen LogP contribution in [0.2, 0.25) is 0 Å². The summed E-state index contributed by atoms with van der Waals surface area (Å²) in [5.41, 5.74) is 1.30. The maximum Gasteiger partial charge on any atom is 0.308 e. The first-order valence-electron chi connectivity index (χ1n) is 14.8. The highest BCUT2D eigenvalue weighted by Crippen LogP contribution is 2.66. The molecule has 7 heteroatoms. The van der Waals surface area contributed by atoms with E-state index in [0.717, 1.165) is 23.2 Å². The molecule has 2 fully saturated rings. The maximum absolute atomic E-state index is 13.9. The molecule has 0 radical (unpaired) electrons. The largest absolute Gasteiger partial charge is 0.483 e. The molecule has 0 aromatic heterocycles. The van der Waals surface area contributed by atoms with E-state index in [2.05, 4.69) is 25.3 Å². The molecule has 7 nitrogen and oxygen atoms in total. The van der Waals surface area contributed by atoms with E-state index >= 15 is 0 Å². The van der Waals surface area contributed by atoms with Gasteiger partial charge in [0.05, 0.1) is 17.1 Å². The van der Waals surface area contributed by atoms with E-state index in [1.165, 1.54) is 6.92 Å². The van der Waals surface area contributed by atoms with Crippen molar-refractivity contribution in [3.05, 3.63) is 77.9 Å². The molecule has 2 heterocycles. The Bertz CT molecular complexity index is 1390. The first kappa shape index (κ1) is 27.7. The lowest BCUT2D eigenvalue weighted by atomic mass is 9.48. The molecule has 1 spiro atoms. The molecule has 0 unspecified atom stereocenters. The van der Waals surface area contributed by atoms with Gasteiger partial charge in [-0.25, -0.2) is 0 Å². The Kier molecular flexibility index (Phi) is 7.07. The van der Waals surface area contributed by atoms with Gasteiger partial charge in [0.15, 0.2) is 11.5 Å². The number of aliphatic hydroxyl groups is 1. The highest BCUT2D eigenvalue weighted by Gasteiger charge is 2.73. The Morgan fingerprint density at radius 3 is 2.71 bits per heavy atom. The summed E-state index contributed by atoms with van der Waals surface area (Å²) in [6, 6.07) is 13.3. The maximum atomic E-state index is 13.9. The Morgan fingerprint density at radius 1 is 1.22 bits per heavy atom. The van der Waals surface area contributed by atoms with Gasteiger partial charge in [0.1, 0.15) is 6.10 Å². The minimum absolute atomic E-state index is 0.0640. The van der Waals surface area contributed by atoms with Crippen LogP contribution >= 0.6 is 0 Å². The molecule has 2 aliphatic carbocycles. The van der Waals surface area contributed by atoms with Crippen molar-refractivity contribution in [1.29, 1.82) is 0 Å². The number of amides is 1. The average molecular weight is 557 g/mol. The quantitative estimate of drug-likeness (QED) is 0.223. The van der Waals surface area contributed by atoms with Crippen molar-refractivity contribution in [1.82, 2.24) is 9.80 Å². The number of hydrogen-bond acceptors (Lipinski definition) is 6. The summed E-state index contributed by atoms with van der Waals surface area (Å²) in [6.45, 7) is 11.6. The molecule has 1 amide bonds. The molecule has 6 rings (SSSR count). The normalized spacial score (nSPS) is 29.6. The second-order valence-corrected chi connectivity index (χ2v) is 12.4. The van der Waals surface area contributed by atoms with Gasteiger partial charge in [-0.2, -0.15) is 0 Å². The molecule has 4 aliphatic rings. The fourth-order valence-electron chi connectivity index (χ4n) is 8.14. The van der Waals surface area contributed by atoms with Crippen LogP contribution in [0.3, 0.4) is 0 Å². The Labute approximate surface area is 242 Å². The predicted octanol–water partition coefficient (Wildman–Crippen LogP) is 4.52. The molecule has 2 aromatic rings. The topological polar surface area (TPSA) is 79.3 Å². The number of piperidine rings is 1. The number of carbonyl (C=O) groups excluding carboxylic acids is 2. The molecular weight excluding hydrogens is 516 g/mol. The van der Waals surface area contributed by atoms with Crippen LogP contribution in [0.25, 0.3) is 6.08 Å². The van der Waals surface area contributed by atoms with Crippen LogP contribution in [0.15, 0.2) is 61.2 Å². The highest BCUT2D eigenvalue weighted by atomic mass is 16.6. The number of benzene rings is 2. The Morgan fingerprint density at radius 2 is 2.00 bits per heavy atom. The minimum atomic E-state index is -1.05. The van der Waals surface area contributed by atoms with E-state index < -0.39 is 23.1 Å². The zero-order chi connectivity index (χ0) is 28.9. The fourth-order valence-corrected chi connectivity index (χ4v) is 8.14. The number of carbonyl (C=O) groups is 2. The van der Waals surface area contributed by atoms with Crippen molar-refractivity contribution >= 4 is 18.0 Å². The first-order valence-corrected chi connectivity index (χ1v) is 14.8. The highest BCUT2D eigenvalue weighted by molar-refractivity contribution is 5.92. The number of hydrogen-bond donors (Lipinski definition) is 1. The molecule has 5 atom stereocenters. The van der Waals surface area contributed by atoms with Crippen LogP contribution in [0.1, 0.15) is 56.7 Å². The van der Waals surface area contributed by atoms with Gasteiger partial charge >= 0.3 is 5.97 Å². The summed E-state index contributed by atoms with van der Waals surface area (Å²) in [7, 11) is 0. The smallest absolute Gasteiger partial charge is 0.308 e. The number of esters is 1. The lowest BCUT2D eigenvalue weighted by Gasteiger charge is -2.64. The van der Waals surface area contributed by atoms with Gasteiger partial charge in [-0.05, 0) is 61.4 Å². The van der Waals surface area contributed by atoms with E-state index in [0.29, 0.717) is 50.3 Å². The molecule has 2 bridgehead atoms. The molecule has 1 N–H and O–H groups in total. The Balaban J connectivity index is 1.45. The molecule has 1 saturated carbocycles. The third kappa shape index (κ3) is 4.32. The molecule has 1 saturated heterocycles. The number of likely N-dealkylation sites (tertiary alicyclic amines) is 1. The minimum Gasteiger partial charge on any atom is -0.483 e. The lowest BCUT2D eigenvalue weighted by molar-refractivity contribution is -0.199. The van der Waals surface area contributed by atoms with Gasteiger partial charge in [0.2, 0.25) is 5.91 Å². The van der Waals surface area contributed by atoms with Crippen molar-refractivity contribution in [3.8, 4) is 11.5 Å². The summed E-state index contributed by atoms with van der Waals surface area (Å²) in [5, 5.41) is 12.8. The number of rotatable bonds is 8. The first-order chi connectivity index (χ1) is 19.7. The van der Waals surface area contributed by atoms with Crippen LogP contribution in [-0.2, 0) is 21.4 Å². The van der Waals surface area contributed by atoms with Gasteiger partial charge in [-0.3, -0.25) is 14.5 Å². The average Bonchev–Trinajstić information content (AvgIpc) is 3.29. The monoisotopic (exact) mass is 556 g/mol. The van der Waals surface area contributed by atoms with Gasteiger partial charge in [-0.1, -0.05) is 56.3 Å². The summed E-state index contributed by atoms with van der Waals surface area (Å²) in [4.78, 5) is 30.3. The zero-order valence-corrected chi connectivity index (χ0v) is 24.2. The summed E-state index contributed by atoms with van der Waals surface area (Å²) >= 11 is 0. The van der Waals surface area contributed by atoms with Crippen molar-refractivity contribution in [2.75, 3.05) is 19.6 Å². The molecule has 41 heavy (non-hydrogen) atoms. The second kappa shape index (κ2) is 10.4. The SMILES string of the molecule is C=CCN1CC[C@]23c4c5ccc(OC(C)=O)c4O[C@H]2[C@H](N(CC(C)C)C(=O)C=Cc2ccccc2)CC[C@@]3(O)[C@H]1C5. The van der Waals surface area contributed by atoms with Crippen molar-refractivity contribution in [3.63, 3.8) is 0 Å². The van der Waals surface area contributed by atoms with E-state index in [-0.39, 0.29) is 23.9 Å². The van der Waals surface area contributed by atoms with E-state index in [1.54, 1.807) is 6.08 Å². The molecular formula is C34H40N2O5. The van der Waals surface area contributed by atoms with Crippen molar-refractivity contribution < 1.29 is 24.2 Å². The van der Waals surface area contributed by atoms with Crippen LogP contribution < -0.4 is 9.47 Å². The van der Waals surface area contributed by atoms with Crippen LogP contribution in [0.4, 0.5) is 0 Å². The van der Waals surface area contributed by atoms with Gasteiger partial charge in [-0.15, -0.1) is 6.58 Å². The van der Waals surface area contributed by atoms with E-state index in [9.17, 15) is 14.7 Å². The molecule has 2 aromatic carbocycles. The standard InChI is InChI=1S/C34H40N2O5/c1-5-18-35-19-17-33-30-25-12-13-27(40-23(4)37)31(30)41-32(33)26(15-16-34(33,39)28(35)20-25)36(21-22(2)3)29(38)14-11-24-9-7-6-8-10-24/h5-14,22,26,28,32,39H,1,15-21H2,2-4H3/t26-,28-,32+,33+,34-/m1/s1. The summed E-state index contributed by atoms with van der Waals surface area (Å²) in [6.07, 6.45) is 7.49. The number of ether oxygens (including phenoxy) is 2.